The van der Waals surface area contributed by atoms with Gasteiger partial charge in [-0.2, -0.15) is 0 Å². The number of rotatable bonds is 11. The Labute approximate surface area is 193 Å². The van der Waals surface area contributed by atoms with Gasteiger partial charge in [-0.3, -0.25) is 4.79 Å². The lowest BCUT2D eigenvalue weighted by atomic mass is 9.89. The van der Waals surface area contributed by atoms with E-state index >= 15 is 0 Å². The van der Waals surface area contributed by atoms with E-state index in [-0.39, 0.29) is 12.8 Å². The Hall–Kier alpha value is -2.64. The average molecular weight is 459 g/mol. The van der Waals surface area contributed by atoms with E-state index < -0.39 is 24.2 Å². The number of nitrogens with zero attached hydrogens (tertiary/aromatic N) is 3. The molecule has 178 valence electrons. The smallest absolute Gasteiger partial charge is 0.303 e. The minimum absolute atomic E-state index is 0.266. The van der Waals surface area contributed by atoms with E-state index in [9.17, 15) is 18.7 Å². The fourth-order valence-electron chi connectivity index (χ4n) is 4.66. The zero-order valence-corrected chi connectivity index (χ0v) is 19.1. The highest BCUT2D eigenvalue weighted by atomic mass is 19.3. The number of nitrogens with one attached hydrogen (secondary N) is 1. The predicted molar refractivity (Wildman–Crippen MR) is 122 cm³/mol. The maximum atomic E-state index is 14.8. The molecular formula is C25H32F2N4O2. The summed E-state index contributed by atoms with van der Waals surface area (Å²) in [4.78, 5) is 24.2. The van der Waals surface area contributed by atoms with E-state index in [1.807, 2.05) is 0 Å². The summed E-state index contributed by atoms with van der Waals surface area (Å²) in [5.41, 5.74) is 4.09. The minimum atomic E-state index is -2.95. The van der Waals surface area contributed by atoms with Gasteiger partial charge in [-0.05, 0) is 74.5 Å². The van der Waals surface area contributed by atoms with Gasteiger partial charge >= 0.3 is 5.97 Å². The van der Waals surface area contributed by atoms with Gasteiger partial charge in [0.15, 0.2) is 0 Å². The quantitative estimate of drug-likeness (QED) is 0.438. The molecule has 1 saturated carbocycles. The topological polar surface area (TPSA) is 88.0 Å². The number of halogens is 2. The number of aryl methyl sites for hydroxylation is 3. The summed E-state index contributed by atoms with van der Waals surface area (Å²) < 4.78 is 29.6. The van der Waals surface area contributed by atoms with Crippen LogP contribution in [0.15, 0.2) is 18.5 Å². The summed E-state index contributed by atoms with van der Waals surface area (Å²) in [6, 6.07) is 2.29. The molecule has 3 heterocycles. The molecule has 8 heteroatoms. The van der Waals surface area contributed by atoms with E-state index in [0.717, 1.165) is 30.9 Å². The largest absolute Gasteiger partial charge is 0.481 e. The second-order valence-corrected chi connectivity index (χ2v) is 9.46. The number of anilines is 1. The van der Waals surface area contributed by atoms with Crippen molar-refractivity contribution in [2.24, 2.45) is 0 Å². The van der Waals surface area contributed by atoms with Crippen LogP contribution in [0.5, 0.6) is 0 Å². The highest BCUT2D eigenvalue weighted by molar-refractivity contribution is 5.68. The standard InChI is InChI=1S/C25H32F2N4O2/c1-16-29-14-20(15-30-16)19(12-23(32)33)13-25(26,27)9-3-2-6-22-21(17-7-8-17)11-18-5-4-10-28-24(18)31-22/h11,14-15,17,19H,2-10,12-13H2,1H3,(H,28,31)(H,32,33). The lowest BCUT2D eigenvalue weighted by Gasteiger charge is -2.23. The summed E-state index contributed by atoms with van der Waals surface area (Å²) in [5.74, 6) is -2.80. The van der Waals surface area contributed by atoms with Crippen LogP contribution in [0.25, 0.3) is 0 Å². The Morgan fingerprint density at radius 2 is 2.03 bits per heavy atom. The van der Waals surface area contributed by atoms with Gasteiger partial charge < -0.3 is 10.4 Å². The molecular weight excluding hydrogens is 426 g/mol. The Balaban J connectivity index is 1.34. The molecule has 0 spiro atoms. The molecule has 1 unspecified atom stereocenters. The van der Waals surface area contributed by atoms with Gasteiger partial charge in [0.25, 0.3) is 0 Å². The zero-order chi connectivity index (χ0) is 23.4. The summed E-state index contributed by atoms with van der Waals surface area (Å²) in [6.07, 6.45) is 8.02. The molecule has 2 aliphatic rings. The van der Waals surface area contributed by atoms with Crippen LogP contribution in [0, 0.1) is 6.92 Å². The molecule has 0 amide bonds. The number of unbranched alkanes of at least 4 members (excludes halogenated alkanes) is 1. The Bertz CT molecular complexity index is 977. The molecule has 1 atom stereocenters. The number of carbonyl (C=O) groups is 1. The summed E-state index contributed by atoms with van der Waals surface area (Å²) in [6.45, 7) is 2.63. The minimum Gasteiger partial charge on any atom is -0.481 e. The molecule has 2 aromatic heterocycles. The van der Waals surface area contributed by atoms with Gasteiger partial charge in [-0.15, -0.1) is 0 Å². The van der Waals surface area contributed by atoms with Gasteiger partial charge in [0.2, 0.25) is 5.92 Å². The number of alkyl halides is 2. The second-order valence-electron chi connectivity index (χ2n) is 9.46. The van der Waals surface area contributed by atoms with Crippen molar-refractivity contribution >= 4 is 11.8 Å². The SMILES string of the molecule is Cc1ncc(C(CC(=O)O)CC(F)(F)CCCCc2nc3c(cc2C2CC2)CCCN3)cn1. The molecule has 0 saturated heterocycles. The fraction of sp³-hybridized carbons (Fsp3) is 0.600. The zero-order valence-electron chi connectivity index (χ0n) is 19.1. The fourth-order valence-corrected chi connectivity index (χ4v) is 4.66. The van der Waals surface area contributed by atoms with Crippen molar-refractivity contribution in [2.45, 2.75) is 88.9 Å². The van der Waals surface area contributed by atoms with Crippen molar-refractivity contribution in [3.63, 3.8) is 0 Å². The first-order valence-corrected chi connectivity index (χ1v) is 12.0. The molecule has 6 nitrogen and oxygen atoms in total. The third-order valence-corrected chi connectivity index (χ3v) is 6.59. The van der Waals surface area contributed by atoms with Crippen LogP contribution < -0.4 is 5.32 Å². The summed E-state index contributed by atoms with van der Waals surface area (Å²) >= 11 is 0. The number of aliphatic carboxylic acids is 1. The van der Waals surface area contributed by atoms with Crippen LogP contribution in [0.1, 0.15) is 91.4 Å². The monoisotopic (exact) mass is 458 g/mol. The van der Waals surface area contributed by atoms with Crippen LogP contribution in [0.2, 0.25) is 0 Å². The number of hydrogen-bond donors (Lipinski definition) is 2. The first-order valence-electron chi connectivity index (χ1n) is 12.0. The van der Waals surface area contributed by atoms with Crippen molar-refractivity contribution in [3.8, 4) is 0 Å². The number of fused-ring (bicyclic) bond motifs is 1. The Kier molecular flexibility index (Phi) is 7.20. The Morgan fingerprint density at radius 1 is 1.27 bits per heavy atom. The molecule has 1 aliphatic carbocycles. The van der Waals surface area contributed by atoms with Gasteiger partial charge in [-0.25, -0.2) is 23.7 Å². The van der Waals surface area contributed by atoms with Crippen molar-refractivity contribution in [1.29, 1.82) is 0 Å². The second kappa shape index (κ2) is 10.1. The van der Waals surface area contributed by atoms with Crippen LogP contribution in [-0.2, 0) is 17.6 Å². The first-order chi connectivity index (χ1) is 15.8. The normalized spacial score (nSPS) is 16.7. The van der Waals surface area contributed by atoms with E-state index in [4.69, 9.17) is 4.98 Å². The van der Waals surface area contributed by atoms with E-state index in [0.29, 0.717) is 36.6 Å². The lowest BCUT2D eigenvalue weighted by Crippen LogP contribution is -2.22. The highest BCUT2D eigenvalue weighted by Gasteiger charge is 2.34. The van der Waals surface area contributed by atoms with E-state index in [1.54, 1.807) is 6.92 Å². The van der Waals surface area contributed by atoms with Crippen molar-refractivity contribution < 1.29 is 18.7 Å². The number of aromatic nitrogens is 3. The maximum Gasteiger partial charge on any atom is 0.303 e. The predicted octanol–water partition coefficient (Wildman–Crippen LogP) is 5.41. The van der Waals surface area contributed by atoms with E-state index in [2.05, 4.69) is 21.4 Å². The summed E-state index contributed by atoms with van der Waals surface area (Å²) in [5, 5.41) is 12.6. The van der Waals surface area contributed by atoms with Crippen molar-refractivity contribution in [2.75, 3.05) is 11.9 Å². The molecule has 0 bridgehead atoms. The average Bonchev–Trinajstić information content (AvgIpc) is 3.61. The number of hydrogen-bond acceptors (Lipinski definition) is 5. The lowest BCUT2D eigenvalue weighted by molar-refractivity contribution is -0.138. The Morgan fingerprint density at radius 3 is 2.73 bits per heavy atom. The highest BCUT2D eigenvalue weighted by Crippen LogP contribution is 2.43. The van der Waals surface area contributed by atoms with Crippen molar-refractivity contribution in [1.82, 2.24) is 15.0 Å². The van der Waals surface area contributed by atoms with Gasteiger partial charge in [0.05, 0.1) is 6.42 Å². The molecule has 1 fully saturated rings. The number of pyridine rings is 1. The third-order valence-electron chi connectivity index (χ3n) is 6.59. The maximum absolute atomic E-state index is 14.8. The molecule has 2 N–H and O–H groups in total. The van der Waals surface area contributed by atoms with Crippen LogP contribution in [0.4, 0.5) is 14.6 Å². The first kappa shape index (κ1) is 23.5. The molecule has 33 heavy (non-hydrogen) atoms. The molecule has 0 radical (unpaired) electrons. The van der Waals surface area contributed by atoms with Crippen LogP contribution >= 0.6 is 0 Å². The molecule has 2 aromatic rings. The van der Waals surface area contributed by atoms with Crippen molar-refractivity contribution in [3.05, 3.63) is 46.7 Å². The van der Waals surface area contributed by atoms with Crippen LogP contribution in [0.3, 0.4) is 0 Å². The van der Waals surface area contributed by atoms with Gasteiger partial charge in [0, 0.05) is 43.4 Å². The van der Waals surface area contributed by atoms with Crippen LogP contribution in [-0.4, -0.2) is 38.5 Å². The molecule has 0 aromatic carbocycles. The third kappa shape index (κ3) is 6.45. The number of carboxylic acids is 1. The van der Waals surface area contributed by atoms with Gasteiger partial charge in [-0.1, -0.05) is 6.07 Å². The van der Waals surface area contributed by atoms with Gasteiger partial charge in [0.1, 0.15) is 11.6 Å². The molecule has 4 rings (SSSR count). The summed E-state index contributed by atoms with van der Waals surface area (Å²) in [7, 11) is 0. The van der Waals surface area contributed by atoms with E-state index in [1.165, 1.54) is 36.4 Å². The number of carboxylic acid groups (broad SMARTS) is 1. The molecule has 1 aliphatic heterocycles.